The van der Waals surface area contributed by atoms with Crippen molar-refractivity contribution < 1.29 is 9.53 Å². The number of piperidine rings is 1. The maximum absolute atomic E-state index is 12.2. The highest BCUT2D eigenvalue weighted by Crippen LogP contribution is 2.20. The van der Waals surface area contributed by atoms with Crippen LogP contribution >= 0.6 is 0 Å². The average Bonchev–Trinajstić information content (AvgIpc) is 2.47. The fourth-order valence-electron chi connectivity index (χ4n) is 2.60. The Morgan fingerprint density at radius 3 is 2.81 bits per heavy atom. The first-order valence-corrected chi connectivity index (χ1v) is 7.86. The lowest BCUT2D eigenvalue weighted by molar-refractivity contribution is -0.124. The first-order chi connectivity index (χ1) is 10.1. The first kappa shape index (κ1) is 15.8. The lowest BCUT2D eigenvalue weighted by Gasteiger charge is -2.25. The topological polar surface area (TPSA) is 50.4 Å². The maximum atomic E-state index is 12.2. The summed E-state index contributed by atoms with van der Waals surface area (Å²) < 4.78 is 5.70. The number of amides is 1. The van der Waals surface area contributed by atoms with E-state index in [2.05, 4.69) is 10.6 Å². The monoisotopic (exact) mass is 290 g/mol. The van der Waals surface area contributed by atoms with E-state index in [1.54, 1.807) is 0 Å². The number of hydrogen-bond acceptors (Lipinski definition) is 3. The molecule has 1 saturated heterocycles. The lowest BCUT2D eigenvalue weighted by Crippen LogP contribution is -2.47. The van der Waals surface area contributed by atoms with Gasteiger partial charge in [-0.05, 0) is 57.9 Å². The number of rotatable bonds is 5. The standard InChI is InChI=1S/C17H26N2O2/c1-12(2)21-15-8-6-7-14(11-15)13(3)19-17(20)16-9-4-5-10-18-16/h6-8,11-13,16,18H,4-5,9-10H2,1-3H3,(H,19,20)/t13?,16-/m1/s1. The zero-order valence-electron chi connectivity index (χ0n) is 13.2. The van der Waals surface area contributed by atoms with E-state index in [-0.39, 0.29) is 24.1 Å². The Morgan fingerprint density at radius 2 is 2.14 bits per heavy atom. The van der Waals surface area contributed by atoms with Crippen molar-refractivity contribution in [1.82, 2.24) is 10.6 Å². The van der Waals surface area contributed by atoms with Gasteiger partial charge < -0.3 is 15.4 Å². The summed E-state index contributed by atoms with van der Waals surface area (Å²) in [5.41, 5.74) is 1.07. The molecular weight excluding hydrogens is 264 g/mol. The van der Waals surface area contributed by atoms with Gasteiger partial charge in [0.15, 0.2) is 0 Å². The Morgan fingerprint density at radius 1 is 1.33 bits per heavy atom. The minimum atomic E-state index is -0.0451. The quantitative estimate of drug-likeness (QED) is 0.876. The van der Waals surface area contributed by atoms with Gasteiger partial charge in [0.2, 0.25) is 5.91 Å². The molecule has 116 valence electrons. The molecule has 1 aromatic carbocycles. The number of benzene rings is 1. The second kappa shape index (κ2) is 7.46. The Labute approximate surface area is 127 Å². The largest absolute Gasteiger partial charge is 0.491 e. The van der Waals surface area contributed by atoms with Crippen LogP contribution in [0.5, 0.6) is 5.75 Å². The Hall–Kier alpha value is -1.55. The van der Waals surface area contributed by atoms with Crippen LogP contribution in [0.2, 0.25) is 0 Å². The summed E-state index contributed by atoms with van der Waals surface area (Å²) in [5.74, 6) is 0.941. The number of hydrogen-bond donors (Lipinski definition) is 2. The molecule has 0 bridgehead atoms. The Bertz CT molecular complexity index is 468. The van der Waals surface area contributed by atoms with Gasteiger partial charge in [0.05, 0.1) is 18.2 Å². The van der Waals surface area contributed by atoms with Crippen molar-refractivity contribution in [3.8, 4) is 5.75 Å². The number of nitrogens with one attached hydrogen (secondary N) is 2. The first-order valence-electron chi connectivity index (χ1n) is 7.86. The van der Waals surface area contributed by atoms with Crippen molar-refractivity contribution in [2.24, 2.45) is 0 Å². The molecule has 1 aliphatic heterocycles. The molecule has 1 fully saturated rings. The van der Waals surface area contributed by atoms with Gasteiger partial charge in [-0.25, -0.2) is 0 Å². The van der Waals surface area contributed by atoms with E-state index in [0.29, 0.717) is 0 Å². The summed E-state index contributed by atoms with van der Waals surface area (Å²) in [6.07, 6.45) is 3.36. The summed E-state index contributed by atoms with van der Waals surface area (Å²) >= 11 is 0. The number of ether oxygens (including phenoxy) is 1. The third kappa shape index (κ3) is 4.74. The molecule has 1 amide bonds. The summed E-state index contributed by atoms with van der Waals surface area (Å²) in [4.78, 5) is 12.2. The highest BCUT2D eigenvalue weighted by atomic mass is 16.5. The van der Waals surface area contributed by atoms with Gasteiger partial charge in [0.1, 0.15) is 5.75 Å². The van der Waals surface area contributed by atoms with Gasteiger partial charge in [-0.15, -0.1) is 0 Å². The van der Waals surface area contributed by atoms with E-state index in [4.69, 9.17) is 4.74 Å². The van der Waals surface area contributed by atoms with Gasteiger partial charge in [0, 0.05) is 0 Å². The van der Waals surface area contributed by atoms with Crippen LogP contribution in [-0.4, -0.2) is 24.6 Å². The molecule has 0 aromatic heterocycles. The molecule has 4 nitrogen and oxygen atoms in total. The van der Waals surface area contributed by atoms with Crippen molar-refractivity contribution >= 4 is 5.91 Å². The van der Waals surface area contributed by atoms with E-state index in [1.807, 2.05) is 45.0 Å². The Balaban J connectivity index is 1.95. The van der Waals surface area contributed by atoms with Crippen molar-refractivity contribution in [2.45, 2.75) is 58.2 Å². The molecule has 2 rings (SSSR count). The predicted octanol–water partition coefficient (Wildman–Crippen LogP) is 2.79. The Kier molecular flexibility index (Phi) is 5.62. The fourth-order valence-corrected chi connectivity index (χ4v) is 2.60. The van der Waals surface area contributed by atoms with Crippen molar-refractivity contribution in [2.75, 3.05) is 6.54 Å². The molecular formula is C17H26N2O2. The minimum absolute atomic E-state index is 0.0167. The normalized spacial score (nSPS) is 20.1. The summed E-state index contributed by atoms with van der Waals surface area (Å²) in [7, 11) is 0. The summed E-state index contributed by atoms with van der Waals surface area (Å²) in [6, 6.07) is 7.87. The SMILES string of the molecule is CC(C)Oc1cccc(C(C)NC(=O)[C@H]2CCCCN2)c1. The molecule has 1 heterocycles. The van der Waals surface area contributed by atoms with E-state index < -0.39 is 0 Å². The molecule has 0 saturated carbocycles. The van der Waals surface area contributed by atoms with Gasteiger partial charge in [0.25, 0.3) is 0 Å². The number of carbonyl (C=O) groups is 1. The second-order valence-corrected chi connectivity index (χ2v) is 5.97. The van der Waals surface area contributed by atoms with E-state index >= 15 is 0 Å². The average molecular weight is 290 g/mol. The fraction of sp³-hybridized carbons (Fsp3) is 0.588. The molecule has 1 aromatic rings. The predicted molar refractivity (Wildman–Crippen MR) is 84.4 cm³/mol. The molecule has 1 unspecified atom stereocenters. The van der Waals surface area contributed by atoms with Gasteiger partial charge >= 0.3 is 0 Å². The van der Waals surface area contributed by atoms with Gasteiger partial charge in [-0.1, -0.05) is 18.6 Å². The van der Waals surface area contributed by atoms with E-state index in [0.717, 1.165) is 37.1 Å². The third-order valence-corrected chi connectivity index (χ3v) is 3.72. The smallest absolute Gasteiger partial charge is 0.237 e. The highest BCUT2D eigenvalue weighted by Gasteiger charge is 2.22. The van der Waals surface area contributed by atoms with E-state index in [1.165, 1.54) is 0 Å². The van der Waals surface area contributed by atoms with Crippen LogP contribution in [0.1, 0.15) is 51.6 Å². The second-order valence-electron chi connectivity index (χ2n) is 5.97. The number of carbonyl (C=O) groups excluding carboxylic acids is 1. The molecule has 1 aliphatic rings. The maximum Gasteiger partial charge on any atom is 0.237 e. The van der Waals surface area contributed by atoms with Crippen LogP contribution in [0.15, 0.2) is 24.3 Å². The molecule has 2 atom stereocenters. The molecule has 0 radical (unpaired) electrons. The third-order valence-electron chi connectivity index (χ3n) is 3.72. The van der Waals surface area contributed by atoms with E-state index in [9.17, 15) is 4.79 Å². The van der Waals surface area contributed by atoms with Gasteiger partial charge in [-0.2, -0.15) is 0 Å². The van der Waals surface area contributed by atoms with Crippen molar-refractivity contribution in [3.05, 3.63) is 29.8 Å². The zero-order chi connectivity index (χ0) is 15.2. The molecule has 21 heavy (non-hydrogen) atoms. The summed E-state index contributed by atoms with van der Waals surface area (Å²) in [6.45, 7) is 6.96. The van der Waals surface area contributed by atoms with Crippen LogP contribution in [0.25, 0.3) is 0 Å². The molecule has 4 heteroatoms. The molecule has 0 spiro atoms. The van der Waals surface area contributed by atoms with Crippen LogP contribution in [0.3, 0.4) is 0 Å². The molecule has 2 N–H and O–H groups in total. The van der Waals surface area contributed by atoms with Crippen molar-refractivity contribution in [3.63, 3.8) is 0 Å². The van der Waals surface area contributed by atoms with Crippen LogP contribution in [-0.2, 0) is 4.79 Å². The lowest BCUT2D eigenvalue weighted by atomic mass is 10.0. The van der Waals surface area contributed by atoms with Gasteiger partial charge in [-0.3, -0.25) is 4.79 Å². The molecule has 0 aliphatic carbocycles. The minimum Gasteiger partial charge on any atom is -0.491 e. The van der Waals surface area contributed by atoms with Crippen LogP contribution in [0.4, 0.5) is 0 Å². The van der Waals surface area contributed by atoms with Crippen molar-refractivity contribution in [1.29, 1.82) is 0 Å². The summed E-state index contributed by atoms with van der Waals surface area (Å²) in [5, 5.41) is 6.37. The van der Waals surface area contributed by atoms with Crippen LogP contribution < -0.4 is 15.4 Å². The van der Waals surface area contributed by atoms with Crippen LogP contribution in [0, 0.1) is 0 Å². The highest BCUT2D eigenvalue weighted by molar-refractivity contribution is 5.82. The zero-order valence-corrected chi connectivity index (χ0v) is 13.2.